The molecule has 0 amide bonds. The van der Waals surface area contributed by atoms with Gasteiger partial charge in [0.15, 0.2) is 5.16 Å². The monoisotopic (exact) mass is 343 g/mol. The molecule has 0 saturated carbocycles. The van der Waals surface area contributed by atoms with E-state index in [-0.39, 0.29) is 0 Å². The van der Waals surface area contributed by atoms with Crippen LogP contribution in [0.5, 0.6) is 0 Å². The van der Waals surface area contributed by atoms with E-state index in [2.05, 4.69) is 76.5 Å². The van der Waals surface area contributed by atoms with Crippen molar-refractivity contribution in [2.24, 2.45) is 0 Å². The Bertz CT molecular complexity index is 718. The zero-order chi connectivity index (χ0) is 16.1. The van der Waals surface area contributed by atoms with Crippen LogP contribution in [0.4, 0.5) is 0 Å². The van der Waals surface area contributed by atoms with Crippen LogP contribution in [0.3, 0.4) is 0 Å². The molecule has 5 heteroatoms. The van der Waals surface area contributed by atoms with E-state index in [9.17, 15) is 0 Å². The van der Waals surface area contributed by atoms with E-state index in [1.165, 1.54) is 10.4 Å². The molecule has 0 aliphatic rings. The number of thioether (sulfide) groups is 1. The molecule has 0 fully saturated rings. The summed E-state index contributed by atoms with van der Waals surface area (Å²) in [6.07, 6.45) is 1.86. The molecule has 3 rings (SSSR count). The van der Waals surface area contributed by atoms with Crippen molar-refractivity contribution < 1.29 is 0 Å². The Balaban J connectivity index is 1.80. The van der Waals surface area contributed by atoms with Gasteiger partial charge in [0.05, 0.1) is 0 Å². The molecule has 0 atom stereocenters. The van der Waals surface area contributed by atoms with Crippen molar-refractivity contribution in [3.05, 3.63) is 64.1 Å². The Morgan fingerprint density at radius 2 is 1.91 bits per heavy atom. The van der Waals surface area contributed by atoms with Gasteiger partial charge in [0.25, 0.3) is 0 Å². The summed E-state index contributed by atoms with van der Waals surface area (Å²) in [6, 6.07) is 14.9. The summed E-state index contributed by atoms with van der Waals surface area (Å²) in [5.74, 6) is 1.06. The molecule has 0 saturated heterocycles. The molecule has 0 spiro atoms. The minimum Gasteiger partial charge on any atom is -0.305 e. The molecule has 0 aliphatic heterocycles. The summed E-state index contributed by atoms with van der Waals surface area (Å²) in [5.41, 5.74) is 1.35. The van der Waals surface area contributed by atoms with Crippen molar-refractivity contribution in [2.75, 3.05) is 0 Å². The van der Waals surface area contributed by atoms with Gasteiger partial charge >= 0.3 is 0 Å². The number of hydrogen-bond donors (Lipinski definition) is 0. The molecule has 2 aromatic heterocycles. The highest BCUT2D eigenvalue weighted by atomic mass is 32.2. The Labute approximate surface area is 145 Å². The van der Waals surface area contributed by atoms with Gasteiger partial charge in [-0.15, -0.1) is 21.5 Å². The van der Waals surface area contributed by atoms with Crippen LogP contribution >= 0.6 is 23.1 Å². The van der Waals surface area contributed by atoms with Crippen LogP contribution < -0.4 is 0 Å². The van der Waals surface area contributed by atoms with E-state index < -0.39 is 0 Å². The van der Waals surface area contributed by atoms with Crippen LogP contribution in [0.25, 0.3) is 0 Å². The maximum Gasteiger partial charge on any atom is 0.191 e. The molecule has 2 heterocycles. The summed E-state index contributed by atoms with van der Waals surface area (Å²) in [4.78, 5) is 1.33. The van der Waals surface area contributed by atoms with Gasteiger partial charge in [-0.25, -0.2) is 0 Å². The zero-order valence-electron chi connectivity index (χ0n) is 13.5. The average Bonchev–Trinajstić information content (AvgIpc) is 3.17. The number of aromatic nitrogens is 3. The van der Waals surface area contributed by atoms with Crippen LogP contribution in [-0.2, 0) is 19.4 Å². The fraction of sp³-hybridized carbons (Fsp3) is 0.333. The van der Waals surface area contributed by atoms with E-state index in [4.69, 9.17) is 0 Å². The molecule has 0 bridgehead atoms. The second-order valence-corrected chi connectivity index (χ2v) is 8.28. The second kappa shape index (κ2) is 7.79. The van der Waals surface area contributed by atoms with Gasteiger partial charge in [-0.3, -0.25) is 0 Å². The Morgan fingerprint density at radius 1 is 1.09 bits per heavy atom. The first-order valence-corrected chi connectivity index (χ1v) is 9.63. The number of nitrogens with zero attached hydrogens (tertiary/aromatic N) is 3. The van der Waals surface area contributed by atoms with Crippen molar-refractivity contribution in [2.45, 2.75) is 43.6 Å². The number of hydrogen-bond acceptors (Lipinski definition) is 4. The lowest BCUT2D eigenvalue weighted by atomic mass is 10.1. The molecule has 0 N–H and O–H groups in total. The van der Waals surface area contributed by atoms with Gasteiger partial charge < -0.3 is 4.57 Å². The predicted molar refractivity (Wildman–Crippen MR) is 98.3 cm³/mol. The first kappa shape index (κ1) is 16.3. The van der Waals surface area contributed by atoms with E-state index in [0.717, 1.165) is 30.4 Å². The van der Waals surface area contributed by atoms with Crippen molar-refractivity contribution in [3.8, 4) is 0 Å². The fourth-order valence-corrected chi connectivity index (χ4v) is 3.96. The van der Waals surface area contributed by atoms with E-state index in [0.29, 0.717) is 5.25 Å². The molecular formula is C18H21N3S2. The molecule has 0 radical (unpaired) electrons. The highest BCUT2D eigenvalue weighted by Gasteiger charge is 2.14. The zero-order valence-corrected chi connectivity index (χ0v) is 15.1. The summed E-state index contributed by atoms with van der Waals surface area (Å²) in [7, 11) is 0. The molecule has 1 aromatic carbocycles. The lowest BCUT2D eigenvalue weighted by molar-refractivity contribution is 0.609. The largest absolute Gasteiger partial charge is 0.305 e. The maximum absolute atomic E-state index is 4.46. The third kappa shape index (κ3) is 4.45. The van der Waals surface area contributed by atoms with E-state index >= 15 is 0 Å². The van der Waals surface area contributed by atoms with Gasteiger partial charge in [-0.1, -0.05) is 62.0 Å². The van der Waals surface area contributed by atoms with Gasteiger partial charge in [0, 0.05) is 23.1 Å². The molecule has 120 valence electrons. The van der Waals surface area contributed by atoms with Gasteiger partial charge in [0.2, 0.25) is 0 Å². The SMILES string of the molecule is CC(C)Sc1nnc(Cc2cccs2)n1CCc1ccccc1. The molecule has 0 unspecified atom stereocenters. The summed E-state index contributed by atoms with van der Waals surface area (Å²) >= 11 is 3.56. The Morgan fingerprint density at radius 3 is 2.61 bits per heavy atom. The average molecular weight is 344 g/mol. The van der Waals surface area contributed by atoms with E-state index in [1.807, 2.05) is 0 Å². The van der Waals surface area contributed by atoms with Gasteiger partial charge in [-0.2, -0.15) is 0 Å². The number of rotatable bonds is 7. The van der Waals surface area contributed by atoms with Crippen molar-refractivity contribution in [3.63, 3.8) is 0 Å². The Hall–Kier alpha value is -1.59. The summed E-state index contributed by atoms with van der Waals surface area (Å²) in [6.45, 7) is 5.31. The third-order valence-corrected chi connectivity index (χ3v) is 5.37. The van der Waals surface area contributed by atoms with Crippen LogP contribution in [0.2, 0.25) is 0 Å². The lowest BCUT2D eigenvalue weighted by Crippen LogP contribution is -2.09. The Kier molecular flexibility index (Phi) is 5.51. The highest BCUT2D eigenvalue weighted by molar-refractivity contribution is 7.99. The van der Waals surface area contributed by atoms with Crippen molar-refractivity contribution >= 4 is 23.1 Å². The summed E-state index contributed by atoms with van der Waals surface area (Å²) < 4.78 is 2.29. The quantitative estimate of drug-likeness (QED) is 0.584. The van der Waals surface area contributed by atoms with Crippen molar-refractivity contribution in [1.82, 2.24) is 14.8 Å². The summed E-state index contributed by atoms with van der Waals surface area (Å²) in [5, 5.41) is 12.5. The van der Waals surface area contributed by atoms with Crippen molar-refractivity contribution in [1.29, 1.82) is 0 Å². The first-order chi connectivity index (χ1) is 11.2. The topological polar surface area (TPSA) is 30.7 Å². The molecule has 0 aliphatic carbocycles. The maximum atomic E-state index is 4.46. The highest BCUT2D eigenvalue weighted by Crippen LogP contribution is 2.24. The first-order valence-electron chi connectivity index (χ1n) is 7.87. The molecule has 3 aromatic rings. The fourth-order valence-electron chi connectivity index (χ4n) is 2.43. The van der Waals surface area contributed by atoms with Crippen LogP contribution in [-0.4, -0.2) is 20.0 Å². The minimum atomic E-state index is 0.504. The minimum absolute atomic E-state index is 0.504. The third-order valence-electron chi connectivity index (χ3n) is 3.51. The van der Waals surface area contributed by atoms with Crippen LogP contribution in [0.1, 0.15) is 30.1 Å². The number of aryl methyl sites for hydroxylation is 1. The molecular weight excluding hydrogens is 322 g/mol. The standard InChI is InChI=1S/C18H21N3S2/c1-14(2)23-18-20-19-17(13-16-9-6-12-22-16)21(18)11-10-15-7-4-3-5-8-15/h3-9,12,14H,10-11,13H2,1-2H3. The molecule has 23 heavy (non-hydrogen) atoms. The van der Waals surface area contributed by atoms with Crippen LogP contribution in [0.15, 0.2) is 53.0 Å². The van der Waals surface area contributed by atoms with E-state index in [1.54, 1.807) is 23.1 Å². The number of benzene rings is 1. The van der Waals surface area contributed by atoms with Gasteiger partial charge in [0.1, 0.15) is 5.82 Å². The van der Waals surface area contributed by atoms with Crippen LogP contribution in [0, 0.1) is 0 Å². The smallest absolute Gasteiger partial charge is 0.191 e. The van der Waals surface area contributed by atoms with Gasteiger partial charge in [-0.05, 0) is 23.4 Å². The normalized spacial score (nSPS) is 11.3. The predicted octanol–water partition coefficient (Wildman–Crippen LogP) is 4.67. The molecule has 3 nitrogen and oxygen atoms in total. The number of thiophene rings is 1. The lowest BCUT2D eigenvalue weighted by Gasteiger charge is -2.11. The second-order valence-electron chi connectivity index (χ2n) is 5.71.